The third kappa shape index (κ3) is 6.27. The summed E-state index contributed by atoms with van der Waals surface area (Å²) in [6, 6.07) is 7.11. The fourth-order valence-corrected chi connectivity index (χ4v) is 1.58. The maximum atomic E-state index is 11.9. The van der Waals surface area contributed by atoms with Crippen LogP contribution in [-0.2, 0) is 11.2 Å². The molecule has 0 aromatic heterocycles. The zero-order chi connectivity index (χ0) is 13.6. The van der Waals surface area contributed by atoms with E-state index in [1.54, 1.807) is 12.1 Å². The van der Waals surface area contributed by atoms with Gasteiger partial charge in [-0.05, 0) is 30.5 Å². The molecule has 0 aliphatic heterocycles. The lowest BCUT2D eigenvalue weighted by Gasteiger charge is -2.05. The van der Waals surface area contributed by atoms with Crippen LogP contribution in [0.3, 0.4) is 0 Å². The van der Waals surface area contributed by atoms with E-state index in [4.69, 9.17) is 5.73 Å². The van der Waals surface area contributed by atoms with Crippen LogP contribution in [0.4, 0.5) is 18.9 Å². The number of hydrogen-bond donors (Lipinski definition) is 1. The molecule has 2 N–H and O–H groups in total. The minimum Gasteiger partial charge on any atom is -0.399 e. The first-order valence-corrected chi connectivity index (χ1v) is 5.80. The molecule has 0 bridgehead atoms. The molecule has 100 valence electrons. The van der Waals surface area contributed by atoms with Gasteiger partial charge in [0.2, 0.25) is 0 Å². The highest BCUT2D eigenvalue weighted by Crippen LogP contribution is 2.22. The van der Waals surface area contributed by atoms with Gasteiger partial charge in [-0.1, -0.05) is 12.1 Å². The Morgan fingerprint density at radius 2 is 1.72 bits per heavy atom. The van der Waals surface area contributed by atoms with E-state index in [2.05, 4.69) is 0 Å². The predicted octanol–water partition coefficient (Wildman–Crippen LogP) is 3.50. The molecule has 0 fully saturated rings. The molecule has 0 aliphatic carbocycles. The first-order chi connectivity index (χ1) is 8.37. The summed E-state index contributed by atoms with van der Waals surface area (Å²) in [5, 5.41) is 0. The molecule has 0 saturated heterocycles. The maximum absolute atomic E-state index is 11.9. The van der Waals surface area contributed by atoms with Gasteiger partial charge in [0.25, 0.3) is 0 Å². The molecule has 0 amide bonds. The number of halogens is 3. The molecule has 1 aromatic rings. The lowest BCUT2D eigenvalue weighted by atomic mass is 10.0. The molecule has 0 radical (unpaired) electrons. The molecular formula is C13H16F3NO. The molecule has 1 aromatic carbocycles. The SMILES string of the molecule is Nc1ccc(CCC(=O)CCCC(F)(F)F)cc1. The Morgan fingerprint density at radius 1 is 1.11 bits per heavy atom. The van der Waals surface area contributed by atoms with E-state index in [-0.39, 0.29) is 25.0 Å². The van der Waals surface area contributed by atoms with Gasteiger partial charge in [0, 0.05) is 24.9 Å². The molecule has 0 aliphatic rings. The summed E-state index contributed by atoms with van der Waals surface area (Å²) in [7, 11) is 0. The lowest BCUT2D eigenvalue weighted by Crippen LogP contribution is -2.08. The van der Waals surface area contributed by atoms with Gasteiger partial charge in [0.1, 0.15) is 5.78 Å². The Balaban J connectivity index is 2.23. The zero-order valence-corrected chi connectivity index (χ0v) is 9.96. The average molecular weight is 259 g/mol. The van der Waals surface area contributed by atoms with Gasteiger partial charge in [-0.15, -0.1) is 0 Å². The number of rotatable bonds is 6. The van der Waals surface area contributed by atoms with Crippen LogP contribution in [0.15, 0.2) is 24.3 Å². The van der Waals surface area contributed by atoms with E-state index in [9.17, 15) is 18.0 Å². The van der Waals surface area contributed by atoms with Crippen molar-refractivity contribution in [3.8, 4) is 0 Å². The van der Waals surface area contributed by atoms with Crippen molar-refractivity contribution < 1.29 is 18.0 Å². The van der Waals surface area contributed by atoms with Crippen molar-refractivity contribution in [3.05, 3.63) is 29.8 Å². The highest BCUT2D eigenvalue weighted by atomic mass is 19.4. The largest absolute Gasteiger partial charge is 0.399 e. The third-order valence-electron chi connectivity index (χ3n) is 2.59. The minimum absolute atomic E-state index is 0.00547. The van der Waals surface area contributed by atoms with Crippen LogP contribution >= 0.6 is 0 Å². The van der Waals surface area contributed by atoms with E-state index in [1.165, 1.54) is 0 Å². The number of Topliss-reactive ketones (excluding diaryl/α,β-unsaturated/α-hetero) is 1. The van der Waals surface area contributed by atoms with Gasteiger partial charge >= 0.3 is 6.18 Å². The van der Waals surface area contributed by atoms with E-state index in [1.807, 2.05) is 12.1 Å². The molecule has 18 heavy (non-hydrogen) atoms. The number of ketones is 1. The number of alkyl halides is 3. The van der Waals surface area contributed by atoms with E-state index in [0.717, 1.165) is 5.56 Å². The Bertz CT molecular complexity index is 384. The fourth-order valence-electron chi connectivity index (χ4n) is 1.58. The minimum atomic E-state index is -4.17. The number of carbonyl (C=O) groups is 1. The molecule has 0 heterocycles. The van der Waals surface area contributed by atoms with Crippen LogP contribution < -0.4 is 5.73 Å². The number of nitrogens with two attached hydrogens (primary N) is 1. The summed E-state index contributed by atoms with van der Waals surface area (Å²) >= 11 is 0. The van der Waals surface area contributed by atoms with E-state index < -0.39 is 12.6 Å². The summed E-state index contributed by atoms with van der Waals surface area (Å²) in [5.74, 6) is -0.129. The highest BCUT2D eigenvalue weighted by Gasteiger charge is 2.26. The van der Waals surface area contributed by atoms with Gasteiger partial charge in [0.05, 0.1) is 0 Å². The van der Waals surface area contributed by atoms with Crippen molar-refractivity contribution in [3.63, 3.8) is 0 Å². The normalized spacial score (nSPS) is 11.5. The Labute approximate surface area is 104 Å². The Morgan fingerprint density at radius 3 is 2.28 bits per heavy atom. The smallest absolute Gasteiger partial charge is 0.389 e. The zero-order valence-electron chi connectivity index (χ0n) is 9.96. The second-order valence-corrected chi connectivity index (χ2v) is 4.25. The molecule has 0 atom stereocenters. The molecule has 0 saturated carbocycles. The summed E-state index contributed by atoms with van der Waals surface area (Å²) in [6.45, 7) is 0. The number of carbonyl (C=O) groups excluding carboxylic acids is 1. The predicted molar refractivity (Wildman–Crippen MR) is 64.1 cm³/mol. The number of aryl methyl sites for hydroxylation is 1. The molecule has 2 nitrogen and oxygen atoms in total. The quantitative estimate of drug-likeness (QED) is 0.794. The molecule has 1 rings (SSSR count). The number of benzene rings is 1. The van der Waals surface area contributed by atoms with Gasteiger partial charge in [-0.25, -0.2) is 0 Å². The number of nitrogen functional groups attached to an aromatic ring is 1. The topological polar surface area (TPSA) is 43.1 Å². The van der Waals surface area contributed by atoms with Crippen LogP contribution in [0.1, 0.15) is 31.2 Å². The van der Waals surface area contributed by atoms with Crippen molar-refractivity contribution in [2.75, 3.05) is 5.73 Å². The summed E-state index contributed by atoms with van der Waals surface area (Å²) in [6.07, 6.45) is -4.36. The standard InChI is InChI=1S/C13H16F3NO/c14-13(15,16)9-1-2-12(18)8-5-10-3-6-11(17)7-4-10/h3-4,6-7H,1-2,5,8-9,17H2. The van der Waals surface area contributed by atoms with Crippen molar-refractivity contribution in [2.45, 2.75) is 38.3 Å². The number of hydrogen-bond acceptors (Lipinski definition) is 2. The Hall–Kier alpha value is -1.52. The van der Waals surface area contributed by atoms with Gasteiger partial charge in [-0.2, -0.15) is 13.2 Å². The molecule has 0 unspecified atom stereocenters. The van der Waals surface area contributed by atoms with Crippen LogP contribution in [0.25, 0.3) is 0 Å². The second kappa shape index (κ2) is 6.42. The first-order valence-electron chi connectivity index (χ1n) is 5.80. The van der Waals surface area contributed by atoms with Crippen molar-refractivity contribution in [2.24, 2.45) is 0 Å². The van der Waals surface area contributed by atoms with Gasteiger partial charge in [-0.3, -0.25) is 4.79 Å². The molecule has 5 heteroatoms. The lowest BCUT2D eigenvalue weighted by molar-refractivity contribution is -0.137. The Kier molecular flexibility index (Phi) is 5.19. The molecular weight excluding hydrogens is 243 g/mol. The van der Waals surface area contributed by atoms with Crippen LogP contribution in [-0.4, -0.2) is 12.0 Å². The second-order valence-electron chi connectivity index (χ2n) is 4.25. The molecule has 0 spiro atoms. The van der Waals surface area contributed by atoms with Crippen molar-refractivity contribution >= 4 is 11.5 Å². The van der Waals surface area contributed by atoms with Gasteiger partial charge in [0.15, 0.2) is 0 Å². The summed E-state index contributed by atoms with van der Waals surface area (Å²) in [5.41, 5.74) is 7.13. The monoisotopic (exact) mass is 259 g/mol. The summed E-state index contributed by atoms with van der Waals surface area (Å²) in [4.78, 5) is 11.4. The third-order valence-corrected chi connectivity index (χ3v) is 2.59. The van der Waals surface area contributed by atoms with Gasteiger partial charge < -0.3 is 5.73 Å². The van der Waals surface area contributed by atoms with E-state index >= 15 is 0 Å². The maximum Gasteiger partial charge on any atom is 0.389 e. The summed E-state index contributed by atoms with van der Waals surface area (Å²) < 4.78 is 35.6. The van der Waals surface area contributed by atoms with Crippen molar-refractivity contribution in [1.82, 2.24) is 0 Å². The average Bonchev–Trinajstić information content (AvgIpc) is 2.26. The van der Waals surface area contributed by atoms with Crippen LogP contribution in [0.2, 0.25) is 0 Å². The highest BCUT2D eigenvalue weighted by molar-refractivity contribution is 5.78. The van der Waals surface area contributed by atoms with Crippen molar-refractivity contribution in [1.29, 1.82) is 0 Å². The number of anilines is 1. The van der Waals surface area contributed by atoms with Crippen LogP contribution in [0, 0.1) is 0 Å². The first kappa shape index (κ1) is 14.5. The van der Waals surface area contributed by atoms with E-state index in [0.29, 0.717) is 12.1 Å². The fraction of sp³-hybridized carbons (Fsp3) is 0.462. The van der Waals surface area contributed by atoms with Crippen LogP contribution in [0.5, 0.6) is 0 Å².